The van der Waals surface area contributed by atoms with Gasteiger partial charge in [-0.2, -0.15) is 5.10 Å². The Kier molecular flexibility index (Phi) is 3.21. The van der Waals surface area contributed by atoms with Crippen molar-refractivity contribution in [1.29, 1.82) is 0 Å². The Balaban J connectivity index is 1.89. The van der Waals surface area contributed by atoms with Crippen molar-refractivity contribution < 1.29 is 0 Å². The van der Waals surface area contributed by atoms with Crippen LogP contribution in [0.3, 0.4) is 0 Å². The van der Waals surface area contributed by atoms with Crippen LogP contribution in [0.1, 0.15) is 19.3 Å². The SMILES string of the molecule is Ic1cnn(CC2CCCCN2)c1. The Morgan fingerprint density at radius 1 is 1.62 bits per heavy atom. The minimum absolute atomic E-state index is 0.629. The van der Waals surface area contributed by atoms with Gasteiger partial charge in [-0.3, -0.25) is 4.68 Å². The van der Waals surface area contributed by atoms with Gasteiger partial charge in [-0.15, -0.1) is 0 Å². The summed E-state index contributed by atoms with van der Waals surface area (Å²) in [5.74, 6) is 0. The molecule has 0 aliphatic carbocycles. The summed E-state index contributed by atoms with van der Waals surface area (Å²) in [6, 6.07) is 0.629. The van der Waals surface area contributed by atoms with E-state index in [0.717, 1.165) is 6.54 Å². The van der Waals surface area contributed by atoms with E-state index >= 15 is 0 Å². The molecule has 1 fully saturated rings. The monoisotopic (exact) mass is 291 g/mol. The first-order valence-corrected chi connectivity index (χ1v) is 5.84. The summed E-state index contributed by atoms with van der Waals surface area (Å²) >= 11 is 2.29. The van der Waals surface area contributed by atoms with Gasteiger partial charge in [0.2, 0.25) is 0 Å². The van der Waals surface area contributed by atoms with Gasteiger partial charge in [0.15, 0.2) is 0 Å². The molecular formula is C9H14IN3. The summed E-state index contributed by atoms with van der Waals surface area (Å²) in [6.45, 7) is 2.19. The molecule has 0 aromatic carbocycles. The predicted octanol–water partition coefficient (Wildman–Crippen LogP) is 1.63. The van der Waals surface area contributed by atoms with E-state index < -0.39 is 0 Å². The standard InChI is InChI=1S/C9H14IN3/c10-8-5-12-13(6-8)7-9-3-1-2-4-11-9/h5-6,9,11H,1-4,7H2. The van der Waals surface area contributed by atoms with E-state index in [-0.39, 0.29) is 0 Å². The molecule has 13 heavy (non-hydrogen) atoms. The first-order chi connectivity index (χ1) is 6.34. The maximum Gasteiger partial charge on any atom is 0.0623 e. The average Bonchev–Trinajstić information content (AvgIpc) is 2.53. The van der Waals surface area contributed by atoms with E-state index in [9.17, 15) is 0 Å². The molecule has 1 aromatic rings. The molecule has 1 atom stereocenters. The fourth-order valence-corrected chi connectivity index (χ4v) is 2.19. The first-order valence-electron chi connectivity index (χ1n) is 4.76. The Bertz CT molecular complexity index is 266. The largest absolute Gasteiger partial charge is 0.312 e. The summed E-state index contributed by atoms with van der Waals surface area (Å²) in [7, 11) is 0. The van der Waals surface area contributed by atoms with Gasteiger partial charge in [-0.1, -0.05) is 6.42 Å². The topological polar surface area (TPSA) is 29.9 Å². The van der Waals surface area contributed by atoms with E-state index in [4.69, 9.17) is 0 Å². The highest BCUT2D eigenvalue weighted by Crippen LogP contribution is 2.09. The lowest BCUT2D eigenvalue weighted by Crippen LogP contribution is -2.37. The van der Waals surface area contributed by atoms with Gasteiger partial charge in [0.05, 0.1) is 16.3 Å². The molecule has 0 radical (unpaired) electrons. The molecule has 0 saturated carbocycles. The molecule has 2 rings (SSSR count). The van der Waals surface area contributed by atoms with Gasteiger partial charge in [0.25, 0.3) is 0 Å². The highest BCUT2D eigenvalue weighted by atomic mass is 127. The van der Waals surface area contributed by atoms with Crippen LogP contribution in [0.4, 0.5) is 0 Å². The fraction of sp³-hybridized carbons (Fsp3) is 0.667. The van der Waals surface area contributed by atoms with E-state index in [1.165, 1.54) is 29.4 Å². The van der Waals surface area contributed by atoms with Crippen LogP contribution in [0.15, 0.2) is 12.4 Å². The molecule has 0 spiro atoms. The highest BCUT2D eigenvalue weighted by Gasteiger charge is 2.12. The number of rotatable bonds is 2. The third-order valence-corrected chi connectivity index (χ3v) is 2.98. The predicted molar refractivity (Wildman–Crippen MR) is 60.6 cm³/mol. The summed E-state index contributed by atoms with van der Waals surface area (Å²) in [4.78, 5) is 0. The van der Waals surface area contributed by atoms with Crippen molar-refractivity contribution in [2.75, 3.05) is 6.54 Å². The lowest BCUT2D eigenvalue weighted by Gasteiger charge is -2.23. The van der Waals surface area contributed by atoms with Crippen molar-refractivity contribution in [2.45, 2.75) is 31.8 Å². The van der Waals surface area contributed by atoms with Crippen LogP contribution in [0.25, 0.3) is 0 Å². The van der Waals surface area contributed by atoms with Gasteiger partial charge < -0.3 is 5.32 Å². The number of hydrogen-bond donors (Lipinski definition) is 1. The summed E-state index contributed by atoms with van der Waals surface area (Å²) in [6.07, 6.45) is 7.97. The van der Waals surface area contributed by atoms with Gasteiger partial charge >= 0.3 is 0 Å². The Morgan fingerprint density at radius 2 is 2.54 bits per heavy atom. The van der Waals surface area contributed by atoms with E-state index in [1.807, 2.05) is 10.9 Å². The molecule has 4 heteroatoms. The molecule has 2 heterocycles. The van der Waals surface area contributed by atoms with Crippen LogP contribution >= 0.6 is 22.6 Å². The number of hydrogen-bond acceptors (Lipinski definition) is 2. The third kappa shape index (κ3) is 2.67. The van der Waals surface area contributed by atoms with Crippen molar-refractivity contribution in [3.8, 4) is 0 Å². The van der Waals surface area contributed by atoms with Crippen LogP contribution < -0.4 is 5.32 Å². The van der Waals surface area contributed by atoms with Crippen molar-refractivity contribution in [3.63, 3.8) is 0 Å². The zero-order valence-electron chi connectivity index (χ0n) is 7.54. The van der Waals surface area contributed by atoms with Crippen LogP contribution in [0, 0.1) is 3.57 Å². The minimum atomic E-state index is 0.629. The Morgan fingerprint density at radius 3 is 3.15 bits per heavy atom. The van der Waals surface area contributed by atoms with Gasteiger partial charge in [-0.05, 0) is 42.0 Å². The Hall–Kier alpha value is -0.100. The maximum atomic E-state index is 4.28. The molecule has 0 bridgehead atoms. The number of aromatic nitrogens is 2. The molecular weight excluding hydrogens is 277 g/mol. The molecule has 0 amide bonds. The molecule has 3 nitrogen and oxygen atoms in total. The second kappa shape index (κ2) is 4.41. The van der Waals surface area contributed by atoms with E-state index in [0.29, 0.717) is 6.04 Å². The van der Waals surface area contributed by atoms with Crippen molar-refractivity contribution in [1.82, 2.24) is 15.1 Å². The molecule has 1 aliphatic rings. The third-order valence-electron chi connectivity index (χ3n) is 2.42. The van der Waals surface area contributed by atoms with Crippen LogP contribution in [0.2, 0.25) is 0 Å². The number of piperidine rings is 1. The molecule has 1 saturated heterocycles. The quantitative estimate of drug-likeness (QED) is 0.839. The molecule has 72 valence electrons. The lowest BCUT2D eigenvalue weighted by molar-refractivity contribution is 0.351. The highest BCUT2D eigenvalue weighted by molar-refractivity contribution is 14.1. The van der Waals surface area contributed by atoms with Crippen molar-refractivity contribution in [2.24, 2.45) is 0 Å². The second-order valence-electron chi connectivity index (χ2n) is 3.53. The van der Waals surface area contributed by atoms with Gasteiger partial charge in [0.1, 0.15) is 0 Å². The van der Waals surface area contributed by atoms with Crippen LogP contribution in [-0.4, -0.2) is 22.4 Å². The number of nitrogens with one attached hydrogen (secondary N) is 1. The minimum Gasteiger partial charge on any atom is -0.312 e. The maximum absolute atomic E-state index is 4.28. The molecule has 1 N–H and O–H groups in total. The number of halogens is 1. The molecule has 1 aromatic heterocycles. The molecule has 1 aliphatic heterocycles. The van der Waals surface area contributed by atoms with Crippen molar-refractivity contribution in [3.05, 3.63) is 16.0 Å². The van der Waals surface area contributed by atoms with E-state index in [1.54, 1.807) is 0 Å². The van der Waals surface area contributed by atoms with Crippen molar-refractivity contribution >= 4 is 22.6 Å². The first kappa shape index (κ1) is 9.45. The normalized spacial score (nSPS) is 23.3. The lowest BCUT2D eigenvalue weighted by atomic mass is 10.1. The Labute approximate surface area is 92.0 Å². The zero-order valence-corrected chi connectivity index (χ0v) is 9.70. The smallest absolute Gasteiger partial charge is 0.0623 e. The zero-order chi connectivity index (χ0) is 9.10. The van der Waals surface area contributed by atoms with Gasteiger partial charge in [-0.25, -0.2) is 0 Å². The second-order valence-corrected chi connectivity index (χ2v) is 4.77. The van der Waals surface area contributed by atoms with Crippen LogP contribution in [-0.2, 0) is 6.54 Å². The summed E-state index contributed by atoms with van der Waals surface area (Å²) < 4.78 is 3.25. The number of nitrogens with zero attached hydrogens (tertiary/aromatic N) is 2. The van der Waals surface area contributed by atoms with E-state index in [2.05, 4.69) is 39.2 Å². The average molecular weight is 291 g/mol. The fourth-order valence-electron chi connectivity index (χ4n) is 1.74. The van der Waals surface area contributed by atoms with Crippen LogP contribution in [0.5, 0.6) is 0 Å². The summed E-state index contributed by atoms with van der Waals surface area (Å²) in [5.41, 5.74) is 0. The summed E-state index contributed by atoms with van der Waals surface area (Å²) in [5, 5.41) is 7.79. The molecule has 1 unspecified atom stereocenters. The van der Waals surface area contributed by atoms with Gasteiger partial charge in [0, 0.05) is 12.2 Å².